The van der Waals surface area contributed by atoms with Crippen LogP contribution in [-0.4, -0.2) is 37.2 Å². The Bertz CT molecular complexity index is 969. The second kappa shape index (κ2) is 46.3. The molecule has 0 saturated carbocycles. The number of unbranched alkanes of at least 4 members (excludes halogenated alkanes) is 28. The van der Waals surface area contributed by atoms with Crippen molar-refractivity contribution in [2.75, 3.05) is 13.2 Å². The topological polar surface area (TPSA) is 78.9 Å². The summed E-state index contributed by atoms with van der Waals surface area (Å²) in [5.41, 5.74) is 0. The predicted octanol–water partition coefficient (Wildman–Crippen LogP) is 15.8. The molecule has 0 rings (SSSR count). The van der Waals surface area contributed by atoms with E-state index >= 15 is 0 Å². The van der Waals surface area contributed by atoms with Gasteiger partial charge < -0.3 is 14.2 Å². The van der Waals surface area contributed by atoms with E-state index in [0.717, 1.165) is 70.6 Å². The minimum Gasteiger partial charge on any atom is -0.462 e. The van der Waals surface area contributed by atoms with E-state index in [4.69, 9.17) is 14.2 Å². The fourth-order valence-corrected chi connectivity index (χ4v) is 6.88. The number of carbonyl (C=O) groups excluding carboxylic acids is 3. The van der Waals surface area contributed by atoms with Gasteiger partial charge >= 0.3 is 17.9 Å². The smallest absolute Gasteiger partial charge is 0.306 e. The zero-order valence-corrected chi connectivity index (χ0v) is 37.9. The third-order valence-corrected chi connectivity index (χ3v) is 10.6. The van der Waals surface area contributed by atoms with Gasteiger partial charge in [0.1, 0.15) is 13.2 Å². The van der Waals surface area contributed by atoms with Gasteiger partial charge in [-0.25, -0.2) is 0 Å². The number of hydrogen-bond donors (Lipinski definition) is 0. The lowest BCUT2D eigenvalue weighted by atomic mass is 10.1. The maximum Gasteiger partial charge on any atom is 0.306 e. The summed E-state index contributed by atoms with van der Waals surface area (Å²) in [4.78, 5) is 37.8. The molecule has 1 unspecified atom stereocenters. The van der Waals surface area contributed by atoms with Gasteiger partial charge in [0.05, 0.1) is 0 Å². The first-order valence-corrected chi connectivity index (χ1v) is 24.5. The molecule has 57 heavy (non-hydrogen) atoms. The highest BCUT2D eigenvalue weighted by atomic mass is 16.6. The molecule has 6 heteroatoms. The van der Waals surface area contributed by atoms with Crippen LogP contribution in [0.5, 0.6) is 0 Å². The van der Waals surface area contributed by atoms with Gasteiger partial charge in [0.2, 0.25) is 0 Å². The molecule has 0 bridgehead atoms. The number of hydrogen-bond acceptors (Lipinski definition) is 6. The highest BCUT2D eigenvalue weighted by Crippen LogP contribution is 2.15. The van der Waals surface area contributed by atoms with Crippen molar-refractivity contribution in [3.8, 4) is 0 Å². The van der Waals surface area contributed by atoms with E-state index in [2.05, 4.69) is 57.2 Å². The summed E-state index contributed by atoms with van der Waals surface area (Å²) in [6.45, 7) is 6.55. The number of allylic oxidation sites excluding steroid dienone is 6. The average Bonchev–Trinajstić information content (AvgIpc) is 3.21. The molecule has 0 amide bonds. The van der Waals surface area contributed by atoms with Crippen molar-refractivity contribution in [3.63, 3.8) is 0 Å². The van der Waals surface area contributed by atoms with Crippen molar-refractivity contribution >= 4 is 17.9 Å². The summed E-state index contributed by atoms with van der Waals surface area (Å²) in [5, 5.41) is 0. The van der Waals surface area contributed by atoms with Crippen LogP contribution in [0.4, 0.5) is 0 Å². The van der Waals surface area contributed by atoms with Crippen LogP contribution in [0.3, 0.4) is 0 Å². The molecule has 0 aromatic carbocycles. The number of rotatable bonds is 44. The Kier molecular flexibility index (Phi) is 44.4. The van der Waals surface area contributed by atoms with Crippen LogP contribution in [0, 0.1) is 0 Å². The van der Waals surface area contributed by atoms with Crippen molar-refractivity contribution < 1.29 is 28.6 Å². The normalized spacial score (nSPS) is 12.3. The Morgan fingerprint density at radius 3 is 1.05 bits per heavy atom. The van der Waals surface area contributed by atoms with Crippen molar-refractivity contribution in [3.05, 3.63) is 36.5 Å². The monoisotopic (exact) mass is 801 g/mol. The minimum absolute atomic E-state index is 0.0820. The molecule has 0 N–H and O–H groups in total. The first-order valence-electron chi connectivity index (χ1n) is 24.5. The molecule has 0 aliphatic rings. The lowest BCUT2D eigenvalue weighted by Gasteiger charge is -2.18. The van der Waals surface area contributed by atoms with Gasteiger partial charge in [0, 0.05) is 19.3 Å². The molecule has 0 spiro atoms. The van der Waals surface area contributed by atoms with Crippen molar-refractivity contribution in [2.24, 2.45) is 0 Å². The van der Waals surface area contributed by atoms with Crippen LogP contribution in [0.15, 0.2) is 36.5 Å². The fourth-order valence-electron chi connectivity index (χ4n) is 6.88. The summed E-state index contributed by atoms with van der Waals surface area (Å²) in [7, 11) is 0. The van der Waals surface area contributed by atoms with E-state index in [1.165, 1.54) is 141 Å². The quantitative estimate of drug-likeness (QED) is 0.0201. The SMILES string of the molecule is CCCC/C=C\C=C/CCCCCC(=O)OC(COC(=O)CCCCCCCCC/C=C\CCCCCCCC)COC(=O)CCCCCCCCCCCCC. The third kappa shape index (κ3) is 44.6. The number of esters is 3. The van der Waals surface area contributed by atoms with E-state index in [1.807, 2.05) is 0 Å². The van der Waals surface area contributed by atoms with Gasteiger partial charge in [-0.1, -0.05) is 205 Å². The van der Waals surface area contributed by atoms with Crippen molar-refractivity contribution in [1.82, 2.24) is 0 Å². The van der Waals surface area contributed by atoms with E-state index in [0.29, 0.717) is 19.3 Å². The first kappa shape index (κ1) is 54.6. The molecular weight excluding hydrogens is 709 g/mol. The van der Waals surface area contributed by atoms with E-state index in [1.54, 1.807) is 0 Å². The van der Waals surface area contributed by atoms with Crippen LogP contribution in [-0.2, 0) is 28.6 Å². The molecule has 6 nitrogen and oxygen atoms in total. The van der Waals surface area contributed by atoms with E-state index in [-0.39, 0.29) is 31.1 Å². The lowest BCUT2D eigenvalue weighted by molar-refractivity contribution is -0.167. The van der Waals surface area contributed by atoms with Gasteiger partial charge in [-0.05, 0) is 64.2 Å². The number of ether oxygens (including phenoxy) is 3. The maximum atomic E-state index is 12.7. The summed E-state index contributed by atoms with van der Waals surface area (Å²) in [6, 6.07) is 0. The Labute approximate surface area is 353 Å². The molecule has 0 aliphatic heterocycles. The van der Waals surface area contributed by atoms with Crippen LogP contribution >= 0.6 is 0 Å². The average molecular weight is 801 g/mol. The van der Waals surface area contributed by atoms with Gasteiger partial charge in [-0.15, -0.1) is 0 Å². The second-order valence-corrected chi connectivity index (χ2v) is 16.4. The molecule has 0 saturated heterocycles. The Balaban J connectivity index is 4.34. The van der Waals surface area contributed by atoms with Gasteiger partial charge in [0.15, 0.2) is 6.10 Å². The van der Waals surface area contributed by atoms with Gasteiger partial charge in [0.25, 0.3) is 0 Å². The summed E-state index contributed by atoms with van der Waals surface area (Å²) >= 11 is 0. The molecule has 0 aromatic rings. The molecule has 0 radical (unpaired) electrons. The van der Waals surface area contributed by atoms with Crippen molar-refractivity contribution in [2.45, 2.75) is 258 Å². The summed E-state index contributed by atoms with van der Waals surface area (Å²) in [5.74, 6) is -0.910. The van der Waals surface area contributed by atoms with E-state index < -0.39 is 6.10 Å². The van der Waals surface area contributed by atoms with Crippen LogP contribution in [0.25, 0.3) is 0 Å². The van der Waals surface area contributed by atoms with Gasteiger partial charge in [-0.3, -0.25) is 14.4 Å². The second-order valence-electron chi connectivity index (χ2n) is 16.4. The molecule has 0 aromatic heterocycles. The largest absolute Gasteiger partial charge is 0.462 e. The molecule has 332 valence electrons. The van der Waals surface area contributed by atoms with Crippen LogP contribution in [0.1, 0.15) is 252 Å². The molecule has 0 heterocycles. The third-order valence-electron chi connectivity index (χ3n) is 10.6. The highest BCUT2D eigenvalue weighted by molar-refractivity contribution is 5.71. The van der Waals surface area contributed by atoms with E-state index in [9.17, 15) is 14.4 Å². The standard InChI is InChI=1S/C51H92O6/c1-4-7-10-13-16-19-22-23-24-25-26-27-30-32-35-38-41-44-50(53)56-47-48(57-51(54)45-42-39-36-33-29-21-18-15-12-9-6-3)46-55-49(52)43-40-37-34-31-28-20-17-14-11-8-5-2/h15,18,21,23-24,29,48H,4-14,16-17,19-20,22,25-28,30-47H2,1-3H3/b18-15-,24-23-,29-21-. The zero-order valence-electron chi connectivity index (χ0n) is 37.9. The van der Waals surface area contributed by atoms with Gasteiger partial charge in [-0.2, -0.15) is 0 Å². The Hall–Kier alpha value is -2.37. The Morgan fingerprint density at radius 2 is 0.649 bits per heavy atom. The molecular formula is C51H92O6. The Morgan fingerprint density at radius 1 is 0.351 bits per heavy atom. The van der Waals surface area contributed by atoms with Crippen LogP contribution < -0.4 is 0 Å². The minimum atomic E-state index is -0.782. The molecule has 1 atom stereocenters. The number of carbonyl (C=O) groups is 3. The predicted molar refractivity (Wildman–Crippen MR) is 242 cm³/mol. The zero-order chi connectivity index (χ0) is 41.5. The van der Waals surface area contributed by atoms with Crippen LogP contribution in [0.2, 0.25) is 0 Å². The highest BCUT2D eigenvalue weighted by Gasteiger charge is 2.19. The molecule has 0 aliphatic carbocycles. The lowest BCUT2D eigenvalue weighted by Crippen LogP contribution is -2.30. The first-order chi connectivity index (χ1) is 28.0. The molecule has 0 fully saturated rings. The summed E-state index contributed by atoms with van der Waals surface area (Å²) < 4.78 is 16.7. The fraction of sp³-hybridized carbons (Fsp3) is 0.824. The van der Waals surface area contributed by atoms with Crippen molar-refractivity contribution in [1.29, 1.82) is 0 Å². The summed E-state index contributed by atoms with van der Waals surface area (Å²) in [6.07, 6.45) is 52.7. The maximum absolute atomic E-state index is 12.7.